The number of fused-ring (bicyclic) bond motifs is 1. The quantitative estimate of drug-likeness (QED) is 0.772. The molecule has 0 spiro atoms. The highest BCUT2D eigenvalue weighted by molar-refractivity contribution is 6.62. The number of aromatic nitrogens is 2. The fourth-order valence-corrected chi connectivity index (χ4v) is 3.92. The molecule has 2 saturated heterocycles. The number of aromatic amines is 1. The van der Waals surface area contributed by atoms with Crippen molar-refractivity contribution in [2.24, 2.45) is 5.92 Å². The van der Waals surface area contributed by atoms with Crippen LogP contribution in [-0.4, -0.2) is 52.4 Å². The van der Waals surface area contributed by atoms with Gasteiger partial charge in [0.25, 0.3) is 0 Å². The van der Waals surface area contributed by atoms with Crippen molar-refractivity contribution >= 4 is 29.7 Å². The molecule has 2 aromatic rings. The smallest absolute Gasteiger partial charge is 0.449 e. The maximum atomic E-state index is 12.5. The molecule has 1 aromatic carbocycles. The Hall–Kier alpha value is -2.06. The molecule has 0 unspecified atom stereocenters. The maximum absolute atomic E-state index is 12.5. The van der Waals surface area contributed by atoms with Crippen LogP contribution >= 0.6 is 0 Å². The van der Waals surface area contributed by atoms with Gasteiger partial charge in [0.15, 0.2) is 0 Å². The molecule has 7 nitrogen and oxygen atoms in total. The van der Waals surface area contributed by atoms with Gasteiger partial charge in [-0.25, -0.2) is 9.78 Å². The number of carbonyl (C=O) groups is 1. The van der Waals surface area contributed by atoms with Crippen LogP contribution in [0.1, 0.15) is 66.3 Å². The first-order valence-corrected chi connectivity index (χ1v) is 10.9. The summed E-state index contributed by atoms with van der Waals surface area (Å²) in [6, 6.07) is 5.92. The zero-order valence-electron chi connectivity index (χ0n) is 18.8. The van der Waals surface area contributed by atoms with E-state index in [0.717, 1.165) is 35.2 Å². The van der Waals surface area contributed by atoms with E-state index in [9.17, 15) is 4.79 Å². The molecule has 162 valence electrons. The fraction of sp³-hybridized carbons (Fsp3) is 0.636. The average Bonchev–Trinajstić information content (AvgIpc) is 3.34. The number of ether oxygens (including phenoxy) is 1. The Labute approximate surface area is 178 Å². The van der Waals surface area contributed by atoms with Crippen molar-refractivity contribution in [2.45, 2.75) is 71.6 Å². The Morgan fingerprint density at radius 2 is 2.00 bits per heavy atom. The third-order valence-electron chi connectivity index (χ3n) is 6.39. The summed E-state index contributed by atoms with van der Waals surface area (Å²) in [7, 11) is -0.417. The van der Waals surface area contributed by atoms with Crippen LogP contribution in [0.4, 0.5) is 4.79 Å². The molecular weight excluding hydrogens is 381 g/mol. The number of nitrogens with zero attached hydrogens (tertiary/aromatic N) is 2. The third-order valence-corrected chi connectivity index (χ3v) is 6.39. The lowest BCUT2D eigenvalue weighted by atomic mass is 9.79. The molecule has 0 aliphatic carbocycles. The Morgan fingerprint density at radius 3 is 2.67 bits per heavy atom. The van der Waals surface area contributed by atoms with E-state index in [1.807, 2.05) is 59.7 Å². The highest BCUT2D eigenvalue weighted by atomic mass is 16.7. The first kappa shape index (κ1) is 21.2. The monoisotopic (exact) mass is 413 g/mol. The molecule has 0 saturated carbocycles. The lowest BCUT2D eigenvalue weighted by Gasteiger charge is -2.32. The zero-order valence-corrected chi connectivity index (χ0v) is 18.8. The van der Waals surface area contributed by atoms with Gasteiger partial charge in [0.1, 0.15) is 5.82 Å². The molecular formula is C22H32BN3O4. The predicted octanol–water partition coefficient (Wildman–Crippen LogP) is 3.79. The Morgan fingerprint density at radius 1 is 1.30 bits per heavy atom. The maximum Gasteiger partial charge on any atom is 0.494 e. The molecule has 2 aliphatic rings. The standard InChI is InChI=1S/C22H32BN3O4/c1-14(2)13-28-20(27)26-11-7-8-18(26)19-24-16-10-9-15(12-17(16)25-19)23-29-21(3,4)22(5,6)30-23/h9-10,12,14,18H,7-8,11,13H2,1-6H3,(H,24,25)/t18-/m0/s1. The van der Waals surface area contributed by atoms with Gasteiger partial charge in [-0.3, -0.25) is 4.90 Å². The molecule has 1 atom stereocenters. The number of imidazole rings is 1. The normalized spacial score (nSPS) is 23.0. The van der Waals surface area contributed by atoms with Crippen molar-refractivity contribution in [3.8, 4) is 0 Å². The number of H-pyrrole nitrogens is 1. The van der Waals surface area contributed by atoms with Gasteiger partial charge < -0.3 is 19.0 Å². The Balaban J connectivity index is 1.55. The lowest BCUT2D eigenvalue weighted by molar-refractivity contribution is 0.00578. The SMILES string of the molecule is CC(C)COC(=O)N1CCC[C@H]1c1nc2ccc(B3OC(C)(C)C(C)(C)O3)cc2[nH]1. The summed E-state index contributed by atoms with van der Waals surface area (Å²) in [6.45, 7) is 13.4. The summed E-state index contributed by atoms with van der Waals surface area (Å²) in [5.74, 6) is 1.12. The van der Waals surface area contributed by atoms with Crippen LogP contribution in [0.25, 0.3) is 11.0 Å². The van der Waals surface area contributed by atoms with Crippen LogP contribution in [0.3, 0.4) is 0 Å². The molecule has 1 N–H and O–H groups in total. The highest BCUT2D eigenvalue weighted by Gasteiger charge is 2.51. The number of benzene rings is 1. The van der Waals surface area contributed by atoms with E-state index < -0.39 is 7.12 Å². The topological polar surface area (TPSA) is 76.7 Å². The molecule has 0 radical (unpaired) electrons. The van der Waals surface area contributed by atoms with Crippen LogP contribution < -0.4 is 5.46 Å². The van der Waals surface area contributed by atoms with Crippen molar-refractivity contribution in [1.29, 1.82) is 0 Å². The summed E-state index contributed by atoms with van der Waals surface area (Å²) in [6.07, 6.45) is 1.56. The van der Waals surface area contributed by atoms with E-state index in [1.54, 1.807) is 4.90 Å². The van der Waals surface area contributed by atoms with Gasteiger partial charge in [-0.2, -0.15) is 0 Å². The van der Waals surface area contributed by atoms with Crippen LogP contribution in [0, 0.1) is 5.92 Å². The summed E-state index contributed by atoms with van der Waals surface area (Å²) in [4.78, 5) is 22.5. The summed E-state index contributed by atoms with van der Waals surface area (Å²) in [5.41, 5.74) is 1.97. The fourth-order valence-electron chi connectivity index (χ4n) is 3.92. The number of likely N-dealkylation sites (tertiary alicyclic amines) is 1. The first-order chi connectivity index (χ1) is 14.1. The van der Waals surface area contributed by atoms with Crippen LogP contribution in [0.2, 0.25) is 0 Å². The minimum absolute atomic E-state index is 0.0858. The van der Waals surface area contributed by atoms with E-state index in [2.05, 4.69) is 4.98 Å². The number of hydrogen-bond acceptors (Lipinski definition) is 5. The first-order valence-electron chi connectivity index (χ1n) is 10.9. The summed E-state index contributed by atoms with van der Waals surface area (Å²) < 4.78 is 17.8. The highest BCUT2D eigenvalue weighted by Crippen LogP contribution is 2.37. The molecule has 8 heteroatoms. The second kappa shape index (κ2) is 7.57. The van der Waals surface area contributed by atoms with Crippen molar-refractivity contribution in [3.05, 3.63) is 24.0 Å². The van der Waals surface area contributed by atoms with Crippen LogP contribution in [0.15, 0.2) is 18.2 Å². The van der Waals surface area contributed by atoms with Gasteiger partial charge in [-0.05, 0) is 64.1 Å². The molecule has 2 aliphatic heterocycles. The van der Waals surface area contributed by atoms with E-state index in [4.69, 9.17) is 19.0 Å². The average molecular weight is 413 g/mol. The number of carbonyl (C=O) groups excluding carboxylic acids is 1. The second-order valence-electron chi connectivity index (χ2n) is 9.81. The number of amides is 1. The largest absolute Gasteiger partial charge is 0.494 e. The van der Waals surface area contributed by atoms with Gasteiger partial charge >= 0.3 is 13.2 Å². The van der Waals surface area contributed by atoms with E-state index in [0.29, 0.717) is 19.1 Å². The van der Waals surface area contributed by atoms with E-state index in [-0.39, 0.29) is 23.3 Å². The molecule has 2 fully saturated rings. The Bertz CT molecular complexity index is 924. The minimum Gasteiger partial charge on any atom is -0.449 e. The van der Waals surface area contributed by atoms with Crippen molar-refractivity contribution in [2.75, 3.05) is 13.2 Å². The molecule has 30 heavy (non-hydrogen) atoms. The zero-order chi connectivity index (χ0) is 21.7. The van der Waals surface area contributed by atoms with E-state index >= 15 is 0 Å². The van der Waals surface area contributed by atoms with Gasteiger partial charge in [-0.1, -0.05) is 19.9 Å². The molecule has 0 bridgehead atoms. The summed E-state index contributed by atoms with van der Waals surface area (Å²) >= 11 is 0. The van der Waals surface area contributed by atoms with Gasteiger partial charge in [0.2, 0.25) is 0 Å². The predicted molar refractivity (Wildman–Crippen MR) is 117 cm³/mol. The lowest BCUT2D eigenvalue weighted by Crippen LogP contribution is -2.41. The number of hydrogen-bond donors (Lipinski definition) is 1. The number of nitrogens with one attached hydrogen (secondary N) is 1. The summed E-state index contributed by atoms with van der Waals surface area (Å²) in [5, 5.41) is 0. The van der Waals surface area contributed by atoms with Gasteiger partial charge in [-0.15, -0.1) is 0 Å². The van der Waals surface area contributed by atoms with Crippen molar-refractivity contribution < 1.29 is 18.8 Å². The second-order valence-corrected chi connectivity index (χ2v) is 9.81. The van der Waals surface area contributed by atoms with Crippen molar-refractivity contribution in [1.82, 2.24) is 14.9 Å². The Kier molecular flexibility index (Phi) is 5.35. The van der Waals surface area contributed by atoms with Crippen molar-refractivity contribution in [3.63, 3.8) is 0 Å². The third kappa shape index (κ3) is 3.83. The van der Waals surface area contributed by atoms with Crippen LogP contribution in [-0.2, 0) is 14.0 Å². The molecule has 4 rings (SSSR count). The van der Waals surface area contributed by atoms with E-state index in [1.165, 1.54) is 0 Å². The molecule has 3 heterocycles. The number of rotatable bonds is 4. The van der Waals surface area contributed by atoms with Crippen LogP contribution in [0.5, 0.6) is 0 Å². The van der Waals surface area contributed by atoms with Gasteiger partial charge in [0, 0.05) is 6.54 Å². The molecule has 1 aromatic heterocycles. The molecule has 1 amide bonds. The van der Waals surface area contributed by atoms with Gasteiger partial charge in [0.05, 0.1) is 34.9 Å². The minimum atomic E-state index is -0.417.